The lowest BCUT2D eigenvalue weighted by Crippen LogP contribution is -1.99. The van der Waals surface area contributed by atoms with Gasteiger partial charge in [-0.3, -0.25) is 0 Å². The van der Waals surface area contributed by atoms with E-state index in [1.807, 2.05) is 6.07 Å². The zero-order valence-electron chi connectivity index (χ0n) is 10.6. The van der Waals surface area contributed by atoms with Gasteiger partial charge in [0, 0.05) is 15.6 Å². The Bertz CT molecular complexity index is 558. The minimum atomic E-state index is -0.507. The maximum absolute atomic E-state index is 12.0. The van der Waals surface area contributed by atoms with Crippen LogP contribution in [0.2, 0.25) is 10.0 Å². The van der Waals surface area contributed by atoms with Crippen molar-refractivity contribution in [3.05, 3.63) is 58.1 Å². The zero-order valence-corrected chi connectivity index (χ0v) is 12.1. The summed E-state index contributed by atoms with van der Waals surface area (Å²) in [4.78, 5) is 0. The molecule has 0 radical (unpaired) electrons. The van der Waals surface area contributed by atoms with E-state index in [0.717, 1.165) is 5.56 Å². The number of benzene rings is 2. The van der Waals surface area contributed by atoms with Crippen molar-refractivity contribution in [1.29, 1.82) is 0 Å². The van der Waals surface area contributed by atoms with Crippen molar-refractivity contribution in [2.45, 2.75) is 6.61 Å². The molecule has 0 fully saturated rings. The predicted molar refractivity (Wildman–Crippen MR) is 78.7 cm³/mol. The van der Waals surface area contributed by atoms with E-state index in [-0.39, 0.29) is 6.61 Å². The zero-order chi connectivity index (χ0) is 14.4. The second kappa shape index (κ2) is 7.36. The van der Waals surface area contributed by atoms with Crippen LogP contribution in [0, 0.1) is 0 Å². The average Bonchev–Trinajstić information content (AvgIpc) is 2.45. The van der Waals surface area contributed by atoms with Gasteiger partial charge in [0.2, 0.25) is 0 Å². The molecule has 0 N–H and O–H groups in total. The molecule has 0 bridgehead atoms. The fourth-order valence-electron chi connectivity index (χ4n) is 1.59. The van der Waals surface area contributed by atoms with Crippen LogP contribution in [0.15, 0.2) is 42.5 Å². The highest BCUT2D eigenvalue weighted by Gasteiger charge is 2.03. The largest absolute Gasteiger partial charge is 0.491 e. The van der Waals surface area contributed by atoms with Crippen LogP contribution >= 0.6 is 23.2 Å². The van der Waals surface area contributed by atoms with Crippen molar-refractivity contribution in [2.24, 2.45) is 0 Å². The lowest BCUT2D eigenvalue weighted by atomic mass is 10.2. The van der Waals surface area contributed by atoms with Gasteiger partial charge in [-0.1, -0.05) is 29.3 Å². The monoisotopic (exact) mass is 314 g/mol. The summed E-state index contributed by atoms with van der Waals surface area (Å²) in [6.07, 6.45) is 0. The molecule has 0 spiro atoms. The van der Waals surface area contributed by atoms with Gasteiger partial charge in [0.25, 0.3) is 0 Å². The van der Waals surface area contributed by atoms with Crippen LogP contribution in [0.5, 0.6) is 11.5 Å². The summed E-state index contributed by atoms with van der Waals surface area (Å²) in [5, 5.41) is 1.16. The molecule has 2 aromatic rings. The molecule has 2 aromatic carbocycles. The lowest BCUT2D eigenvalue weighted by Gasteiger charge is -2.09. The highest BCUT2D eigenvalue weighted by molar-refractivity contribution is 6.35. The second-order valence-corrected chi connectivity index (χ2v) is 4.88. The van der Waals surface area contributed by atoms with E-state index >= 15 is 0 Å². The number of rotatable bonds is 6. The van der Waals surface area contributed by atoms with Gasteiger partial charge in [0.15, 0.2) is 0 Å². The first kappa shape index (κ1) is 14.9. The molecule has 0 aliphatic carbocycles. The third-order valence-corrected chi connectivity index (χ3v) is 3.17. The molecule has 106 valence electrons. The molecule has 0 atom stereocenters. The molecule has 0 saturated heterocycles. The van der Waals surface area contributed by atoms with Crippen molar-refractivity contribution in [3.8, 4) is 11.5 Å². The van der Waals surface area contributed by atoms with Gasteiger partial charge in [-0.15, -0.1) is 0 Å². The molecule has 0 aliphatic rings. The Morgan fingerprint density at radius 3 is 2.15 bits per heavy atom. The van der Waals surface area contributed by atoms with E-state index in [1.165, 1.54) is 0 Å². The maximum atomic E-state index is 12.0. The third kappa shape index (κ3) is 4.29. The first-order chi connectivity index (χ1) is 9.69. The predicted octanol–water partition coefficient (Wildman–Crippen LogP) is 4.92. The van der Waals surface area contributed by atoms with Crippen LogP contribution in [-0.2, 0) is 6.61 Å². The van der Waals surface area contributed by atoms with Crippen molar-refractivity contribution in [2.75, 3.05) is 13.3 Å². The lowest BCUT2D eigenvalue weighted by molar-refractivity contribution is 0.271. The quantitative estimate of drug-likeness (QED) is 0.753. The second-order valence-electron chi connectivity index (χ2n) is 4.03. The van der Waals surface area contributed by atoms with Gasteiger partial charge < -0.3 is 9.47 Å². The summed E-state index contributed by atoms with van der Waals surface area (Å²) in [5.41, 5.74) is 0.855. The van der Waals surface area contributed by atoms with Gasteiger partial charge in [-0.25, -0.2) is 4.39 Å². The number of hydrogen-bond acceptors (Lipinski definition) is 2. The molecule has 0 aliphatic heterocycles. The topological polar surface area (TPSA) is 18.5 Å². The van der Waals surface area contributed by atoms with Crippen LogP contribution < -0.4 is 9.47 Å². The molecule has 2 nitrogen and oxygen atoms in total. The number of halogens is 3. The SMILES string of the molecule is FCCOc1ccc(OCc2ccc(Cl)cc2Cl)cc1. The summed E-state index contributed by atoms with van der Waals surface area (Å²) in [7, 11) is 0. The minimum absolute atomic E-state index is 0.0561. The van der Waals surface area contributed by atoms with Gasteiger partial charge in [0.1, 0.15) is 31.4 Å². The summed E-state index contributed by atoms with van der Waals surface area (Å²) in [6.45, 7) is -0.103. The van der Waals surface area contributed by atoms with Crippen molar-refractivity contribution >= 4 is 23.2 Å². The van der Waals surface area contributed by atoms with Gasteiger partial charge in [0.05, 0.1) is 0 Å². The molecule has 0 heterocycles. The molecule has 2 rings (SSSR count). The Kier molecular flexibility index (Phi) is 5.50. The van der Waals surface area contributed by atoms with Crippen molar-refractivity contribution in [3.63, 3.8) is 0 Å². The molecule has 0 amide bonds. The molecule has 20 heavy (non-hydrogen) atoms. The van der Waals surface area contributed by atoms with Crippen LogP contribution in [0.25, 0.3) is 0 Å². The van der Waals surface area contributed by atoms with E-state index in [9.17, 15) is 4.39 Å². The number of ether oxygens (including phenoxy) is 2. The number of alkyl halides is 1. The van der Waals surface area contributed by atoms with Crippen molar-refractivity contribution in [1.82, 2.24) is 0 Å². The fraction of sp³-hybridized carbons (Fsp3) is 0.200. The van der Waals surface area contributed by atoms with Crippen LogP contribution in [0.3, 0.4) is 0 Å². The van der Waals surface area contributed by atoms with Crippen LogP contribution in [-0.4, -0.2) is 13.3 Å². The normalized spacial score (nSPS) is 10.3. The van der Waals surface area contributed by atoms with Crippen LogP contribution in [0.4, 0.5) is 4.39 Å². The highest BCUT2D eigenvalue weighted by atomic mass is 35.5. The molecule has 0 aromatic heterocycles. The van der Waals surface area contributed by atoms with E-state index in [1.54, 1.807) is 36.4 Å². The molecule has 0 saturated carbocycles. The van der Waals surface area contributed by atoms with E-state index in [2.05, 4.69) is 0 Å². The first-order valence-electron chi connectivity index (χ1n) is 6.04. The Morgan fingerprint density at radius 2 is 1.55 bits per heavy atom. The first-order valence-corrected chi connectivity index (χ1v) is 6.80. The summed E-state index contributed by atoms with van der Waals surface area (Å²) in [5.74, 6) is 1.29. The highest BCUT2D eigenvalue weighted by Crippen LogP contribution is 2.23. The Hall–Kier alpha value is -1.45. The number of hydrogen-bond donors (Lipinski definition) is 0. The van der Waals surface area contributed by atoms with Crippen LogP contribution in [0.1, 0.15) is 5.56 Å². The third-order valence-electron chi connectivity index (χ3n) is 2.58. The molecular formula is C15H13Cl2FO2. The Morgan fingerprint density at radius 1 is 0.900 bits per heavy atom. The Labute approximate surface area is 127 Å². The maximum Gasteiger partial charge on any atom is 0.123 e. The van der Waals surface area contributed by atoms with Gasteiger partial charge >= 0.3 is 0 Å². The molecule has 0 unspecified atom stereocenters. The molecular weight excluding hydrogens is 302 g/mol. The summed E-state index contributed by atoms with van der Waals surface area (Å²) < 4.78 is 22.7. The van der Waals surface area contributed by atoms with E-state index < -0.39 is 6.67 Å². The summed E-state index contributed by atoms with van der Waals surface area (Å²) >= 11 is 11.9. The minimum Gasteiger partial charge on any atom is -0.491 e. The average molecular weight is 315 g/mol. The summed E-state index contributed by atoms with van der Waals surface area (Å²) in [6, 6.07) is 12.2. The van der Waals surface area contributed by atoms with Crippen molar-refractivity contribution < 1.29 is 13.9 Å². The van der Waals surface area contributed by atoms with E-state index in [0.29, 0.717) is 28.2 Å². The van der Waals surface area contributed by atoms with Gasteiger partial charge in [-0.2, -0.15) is 0 Å². The van der Waals surface area contributed by atoms with Gasteiger partial charge in [-0.05, 0) is 36.4 Å². The smallest absolute Gasteiger partial charge is 0.123 e. The Balaban J connectivity index is 1.93. The fourth-order valence-corrected chi connectivity index (χ4v) is 2.05. The standard InChI is InChI=1S/C15H13Cl2FO2/c16-12-2-1-11(15(17)9-12)10-20-14-5-3-13(4-6-14)19-8-7-18/h1-6,9H,7-8,10H2. The van der Waals surface area contributed by atoms with E-state index in [4.69, 9.17) is 32.7 Å². The molecule has 5 heteroatoms.